The summed E-state index contributed by atoms with van der Waals surface area (Å²) in [5, 5.41) is 0. The predicted molar refractivity (Wildman–Crippen MR) is 19.6 cm³/mol. The van der Waals surface area contributed by atoms with Gasteiger partial charge < -0.3 is 11.2 Å². The second kappa shape index (κ2) is 23.6. The Morgan fingerprint density at radius 1 is 1.20 bits per heavy atom. The van der Waals surface area contributed by atoms with Gasteiger partial charge in [-0.05, 0) is 0 Å². The van der Waals surface area contributed by atoms with E-state index < -0.39 is 0 Å². The Bertz CT molecular complexity index is 20.5. The molecule has 0 fully saturated rings. The molecule has 0 aliphatic carbocycles. The maximum atomic E-state index is 0. The van der Waals surface area contributed by atoms with Crippen LogP contribution < -0.4 is 0 Å². The predicted octanol–water partition coefficient (Wildman–Crippen LogP) is -1.14. The summed E-state index contributed by atoms with van der Waals surface area (Å²) in [6.45, 7) is 0. The van der Waals surface area contributed by atoms with E-state index in [1.54, 1.807) is 0 Å². The van der Waals surface area contributed by atoms with Crippen LogP contribution in [0, 0.1) is 35.6 Å². The summed E-state index contributed by atoms with van der Waals surface area (Å²) < 4.78 is 0. The molecule has 5 heavy (non-hydrogen) atoms. The van der Waals surface area contributed by atoms with Crippen LogP contribution in [0.1, 0.15) is 5.71 Å². The van der Waals surface area contributed by atoms with Crippen molar-refractivity contribution >= 4 is 86.6 Å². The van der Waals surface area contributed by atoms with Gasteiger partial charge in [-0.1, -0.05) is 0 Å². The minimum Gasteiger partial charge on any atom is -1.00 e. The van der Waals surface area contributed by atoms with Gasteiger partial charge in [0.25, 0.3) is 0 Å². The molecule has 0 unspecified atom stereocenters. The van der Waals surface area contributed by atoms with Crippen LogP contribution >= 0.6 is 0 Å². The van der Waals surface area contributed by atoms with E-state index in [-0.39, 0.29) is 150 Å². The summed E-state index contributed by atoms with van der Waals surface area (Å²) in [5.41, 5.74) is 0. The van der Waals surface area contributed by atoms with Crippen LogP contribution in [0.15, 0.2) is 0 Å². The van der Waals surface area contributed by atoms with E-state index >= 15 is 0 Å². The number of hydrogen-bond acceptors (Lipinski definition) is 0. The van der Waals surface area contributed by atoms with Crippen molar-refractivity contribution < 1.29 is 63.9 Å². The van der Waals surface area contributed by atoms with Crippen LogP contribution in [-0.4, -0.2) is 92.1 Å². The molecule has 0 aromatic rings. The number of hydrogen-bond donors (Lipinski definition) is 0. The first-order chi connectivity index (χ1) is 0. The average Bonchev–Trinajstić information content (AvgIpc) is 0. The fourth-order valence-corrected chi connectivity index (χ4v) is 0. The van der Waals surface area contributed by atoms with E-state index in [4.69, 9.17) is 0 Å². The van der Waals surface area contributed by atoms with Gasteiger partial charge in [0.05, 0.1) is 0 Å². The summed E-state index contributed by atoms with van der Waals surface area (Å²) in [5.74, 6) is 0. The smallest absolute Gasteiger partial charge is 1.00 e. The second-order valence-corrected chi connectivity index (χ2v) is 0. The van der Waals surface area contributed by atoms with Crippen molar-refractivity contribution in [3.8, 4) is 0 Å². The Morgan fingerprint density at radius 3 is 1.20 bits per heavy atom. The maximum absolute atomic E-state index is 0. The van der Waals surface area contributed by atoms with Gasteiger partial charge in [-0.25, -0.2) is 0 Å². The van der Waals surface area contributed by atoms with E-state index in [9.17, 15) is 0 Å². The molecule has 0 saturated carbocycles. The summed E-state index contributed by atoms with van der Waals surface area (Å²) in [7, 11) is 0. The molecule has 1 nitrogen and oxygen atoms in total. The second-order valence-electron chi connectivity index (χ2n) is 0. The Kier molecular flexibility index (Phi) is 160. The van der Waals surface area contributed by atoms with E-state index in [2.05, 4.69) is 0 Å². The zero-order valence-corrected chi connectivity index (χ0v) is 14.3. The third-order valence-electron chi connectivity index (χ3n) is 0. The molecule has 0 aromatic carbocycles. The molecular formula is H6BaCaLaMnO. The topological polar surface area (TPSA) is 31.5 Å². The van der Waals surface area contributed by atoms with Gasteiger partial charge in [0.15, 0.2) is 0 Å². The molecule has 0 aromatic heterocycles. The zero-order valence-electron chi connectivity index (χ0n) is 6.87. The Morgan fingerprint density at radius 2 is 1.20 bits per heavy atom. The molecule has 0 aliphatic rings. The summed E-state index contributed by atoms with van der Waals surface area (Å²) in [4.78, 5) is 0. The van der Waals surface area contributed by atoms with Gasteiger partial charge in [0.1, 0.15) is 0 Å². The first-order valence-electron chi connectivity index (χ1n) is 0. The molecule has 0 spiro atoms. The fourth-order valence-electron chi connectivity index (χ4n) is 0. The monoisotopic (exact) mass is 394 g/mol. The van der Waals surface area contributed by atoms with Crippen molar-refractivity contribution in [3.63, 3.8) is 0 Å². The van der Waals surface area contributed by atoms with Gasteiger partial charge in [-0.3, -0.25) is 0 Å². The molecule has 2 N–H and O–H groups in total. The van der Waals surface area contributed by atoms with Crippen LogP contribution in [0.2, 0.25) is 0 Å². The van der Waals surface area contributed by atoms with Gasteiger partial charge in [-0.15, -0.1) is 0 Å². The van der Waals surface area contributed by atoms with Gasteiger partial charge in [-0.2, -0.15) is 0 Å². The molecular weight excluding hydrogens is 387 g/mol. The van der Waals surface area contributed by atoms with Crippen molar-refractivity contribution in [3.05, 3.63) is 0 Å². The van der Waals surface area contributed by atoms with E-state index in [1.807, 2.05) is 0 Å². The van der Waals surface area contributed by atoms with Gasteiger partial charge in [0, 0.05) is 52.7 Å². The average molecular weight is 393 g/mol. The van der Waals surface area contributed by atoms with E-state index in [1.165, 1.54) is 0 Å². The van der Waals surface area contributed by atoms with Crippen LogP contribution in [0.25, 0.3) is 0 Å². The Hall–Kier alpha value is 4.51. The zero-order chi connectivity index (χ0) is 0. The van der Waals surface area contributed by atoms with E-state index in [0.717, 1.165) is 0 Å². The summed E-state index contributed by atoms with van der Waals surface area (Å²) in [6, 6.07) is 0. The fraction of sp³-hybridized carbons (Fsp3) is 0. The van der Waals surface area contributed by atoms with Crippen molar-refractivity contribution in [1.82, 2.24) is 0 Å². The van der Waals surface area contributed by atoms with Crippen molar-refractivity contribution in [2.45, 2.75) is 0 Å². The third-order valence-corrected chi connectivity index (χ3v) is 0. The molecule has 0 heterocycles. The minimum absolute atomic E-state index is 0. The molecule has 0 atom stereocenters. The van der Waals surface area contributed by atoms with Gasteiger partial charge in [0.2, 0.25) is 0 Å². The molecule has 5 heteroatoms. The van der Waals surface area contributed by atoms with Crippen LogP contribution in [-0.2, 0) is 17.1 Å². The van der Waals surface area contributed by atoms with Crippen molar-refractivity contribution in [1.29, 1.82) is 0 Å². The minimum atomic E-state index is 0. The summed E-state index contributed by atoms with van der Waals surface area (Å²) in [6.07, 6.45) is 0. The standard InChI is InChI=1S/Ba.Ca.La.Mn.H2O.4H/h;;;;1H2;;;;/q2*+2;;;;4*-1. The molecule has 26 valence electrons. The summed E-state index contributed by atoms with van der Waals surface area (Å²) >= 11 is 0. The van der Waals surface area contributed by atoms with Crippen LogP contribution in [0.3, 0.4) is 0 Å². The van der Waals surface area contributed by atoms with Crippen molar-refractivity contribution in [2.24, 2.45) is 0 Å². The molecule has 0 rings (SSSR count). The SMILES string of the molecule is O.[Ba+2].[Ca+2].[H-].[H-].[H-].[H-].[La].[Mn]. The first-order valence-corrected chi connectivity index (χ1v) is 0. The van der Waals surface area contributed by atoms with Crippen molar-refractivity contribution in [2.75, 3.05) is 0 Å². The molecule has 0 aliphatic heterocycles. The molecule has 0 bridgehead atoms. The molecule has 0 amide bonds. The Labute approximate surface area is 146 Å². The first kappa shape index (κ1) is 33.9. The normalized spacial score (nSPS) is 0. The van der Waals surface area contributed by atoms with Gasteiger partial charge >= 0.3 is 86.6 Å². The van der Waals surface area contributed by atoms with Crippen LogP contribution in [0.5, 0.6) is 0 Å². The van der Waals surface area contributed by atoms with E-state index in [0.29, 0.717) is 0 Å². The molecule has 2 radical (unpaired) electrons. The Balaban J connectivity index is 0. The largest absolute Gasteiger partial charge is 2.00 e. The maximum Gasteiger partial charge on any atom is 2.00 e. The third kappa shape index (κ3) is 17.7. The quantitative estimate of drug-likeness (QED) is 0.467. The molecule has 0 saturated heterocycles. The van der Waals surface area contributed by atoms with Crippen LogP contribution in [0.4, 0.5) is 0 Å². The number of rotatable bonds is 0.